The number of hydrogen-bond donors (Lipinski definition) is 1. The van der Waals surface area contributed by atoms with Crippen molar-refractivity contribution in [1.29, 1.82) is 0 Å². The zero-order valence-corrected chi connectivity index (χ0v) is 21.8. The number of amides is 1. The second-order valence-electron chi connectivity index (χ2n) is 7.80. The lowest BCUT2D eigenvalue weighted by Crippen LogP contribution is -2.21. The van der Waals surface area contributed by atoms with E-state index in [-0.39, 0.29) is 11.7 Å². The van der Waals surface area contributed by atoms with Crippen molar-refractivity contribution in [2.24, 2.45) is 5.10 Å². The third-order valence-electron chi connectivity index (χ3n) is 5.48. The number of hydrazone groups is 1. The van der Waals surface area contributed by atoms with Gasteiger partial charge in [-0.05, 0) is 49.4 Å². The van der Waals surface area contributed by atoms with Crippen LogP contribution in [0, 0.1) is 0 Å². The molecule has 0 aliphatic heterocycles. The number of thioether (sulfide) groups is 1. The quantitative estimate of drug-likeness (QED) is 0.187. The summed E-state index contributed by atoms with van der Waals surface area (Å²) in [6.45, 7) is 1.81. The van der Waals surface area contributed by atoms with Crippen LogP contribution in [0.5, 0.6) is 17.2 Å². The summed E-state index contributed by atoms with van der Waals surface area (Å²) in [4.78, 5) is 12.6. The monoisotopic (exact) mass is 517 g/mol. The highest BCUT2D eigenvalue weighted by Crippen LogP contribution is 2.29. The van der Waals surface area contributed by atoms with E-state index in [1.165, 1.54) is 11.8 Å². The first kappa shape index (κ1) is 25.8. The van der Waals surface area contributed by atoms with Crippen LogP contribution < -0.4 is 19.6 Å². The Hall–Kier alpha value is -4.31. The fraction of sp³-hybridized carbons (Fsp3) is 0.185. The van der Waals surface area contributed by atoms with Crippen LogP contribution in [-0.4, -0.2) is 53.5 Å². The third-order valence-corrected chi connectivity index (χ3v) is 6.41. The molecule has 0 saturated heterocycles. The van der Waals surface area contributed by atoms with Crippen LogP contribution in [0.25, 0.3) is 17.1 Å². The molecule has 3 aromatic carbocycles. The molecule has 4 rings (SSSR count). The minimum atomic E-state index is -0.268. The molecule has 1 heterocycles. The zero-order valence-electron chi connectivity index (χ0n) is 21.0. The Bertz CT molecular complexity index is 1390. The van der Waals surface area contributed by atoms with E-state index in [0.717, 1.165) is 22.6 Å². The van der Waals surface area contributed by atoms with Gasteiger partial charge in [-0.2, -0.15) is 5.10 Å². The Balaban J connectivity index is 1.50. The van der Waals surface area contributed by atoms with Crippen LogP contribution in [0.15, 0.2) is 83.1 Å². The topological polar surface area (TPSA) is 99.9 Å². The van der Waals surface area contributed by atoms with Crippen molar-refractivity contribution in [3.8, 4) is 34.3 Å². The first-order chi connectivity index (χ1) is 18.0. The number of benzene rings is 3. The molecule has 0 fully saturated rings. The van der Waals surface area contributed by atoms with Crippen LogP contribution in [0.2, 0.25) is 0 Å². The molecule has 1 N–H and O–H groups in total. The average molecular weight is 518 g/mol. The van der Waals surface area contributed by atoms with E-state index in [1.807, 2.05) is 65.2 Å². The van der Waals surface area contributed by atoms with Crippen molar-refractivity contribution >= 4 is 23.4 Å². The molecule has 4 aromatic rings. The molecule has 9 nitrogen and oxygen atoms in total. The summed E-state index contributed by atoms with van der Waals surface area (Å²) >= 11 is 1.27. The molecule has 37 heavy (non-hydrogen) atoms. The number of methoxy groups -OCH3 is 3. The molecule has 0 aliphatic rings. The van der Waals surface area contributed by atoms with Gasteiger partial charge in [0.15, 0.2) is 22.5 Å². The van der Waals surface area contributed by atoms with Gasteiger partial charge in [0.1, 0.15) is 5.75 Å². The maximum absolute atomic E-state index is 12.6. The molecule has 0 atom stereocenters. The van der Waals surface area contributed by atoms with E-state index in [0.29, 0.717) is 28.2 Å². The summed E-state index contributed by atoms with van der Waals surface area (Å²) in [5.74, 6) is 2.46. The van der Waals surface area contributed by atoms with Crippen LogP contribution in [0.4, 0.5) is 0 Å². The first-order valence-electron chi connectivity index (χ1n) is 11.4. The van der Waals surface area contributed by atoms with Crippen molar-refractivity contribution in [3.05, 3.63) is 78.4 Å². The maximum atomic E-state index is 12.6. The lowest BCUT2D eigenvalue weighted by Gasteiger charge is -2.11. The largest absolute Gasteiger partial charge is 0.497 e. The van der Waals surface area contributed by atoms with Gasteiger partial charge < -0.3 is 14.2 Å². The average Bonchev–Trinajstić information content (AvgIpc) is 3.38. The predicted molar refractivity (Wildman–Crippen MR) is 144 cm³/mol. The Kier molecular flexibility index (Phi) is 8.42. The number of ether oxygens (including phenoxy) is 3. The highest BCUT2D eigenvalue weighted by Gasteiger charge is 2.17. The summed E-state index contributed by atoms with van der Waals surface area (Å²) in [7, 11) is 4.77. The lowest BCUT2D eigenvalue weighted by atomic mass is 10.1. The number of hydrogen-bond acceptors (Lipinski definition) is 8. The maximum Gasteiger partial charge on any atom is 0.250 e. The summed E-state index contributed by atoms with van der Waals surface area (Å²) in [5.41, 5.74) is 5.82. The Morgan fingerprint density at radius 1 is 0.919 bits per heavy atom. The van der Waals surface area contributed by atoms with Gasteiger partial charge in [-0.1, -0.05) is 42.1 Å². The van der Waals surface area contributed by atoms with Crippen molar-refractivity contribution < 1.29 is 19.0 Å². The van der Waals surface area contributed by atoms with Gasteiger partial charge in [0.2, 0.25) is 0 Å². The van der Waals surface area contributed by atoms with E-state index in [4.69, 9.17) is 14.2 Å². The summed E-state index contributed by atoms with van der Waals surface area (Å²) in [5, 5.41) is 13.6. The number of aromatic nitrogens is 3. The van der Waals surface area contributed by atoms with E-state index in [2.05, 4.69) is 20.7 Å². The van der Waals surface area contributed by atoms with Gasteiger partial charge in [-0.3, -0.25) is 9.36 Å². The zero-order chi connectivity index (χ0) is 26.2. The lowest BCUT2D eigenvalue weighted by molar-refractivity contribution is -0.118. The van der Waals surface area contributed by atoms with Crippen molar-refractivity contribution in [3.63, 3.8) is 0 Å². The number of rotatable bonds is 10. The second kappa shape index (κ2) is 12.1. The standard InChI is InChI=1S/C27H27N5O4S/c1-18(20-10-15-23(35-3)24(16-20)36-4)28-29-25(33)17-37-27-31-30-26(19-8-6-5-7-9-19)32(27)21-11-13-22(34-2)14-12-21/h5-16H,17H2,1-4H3,(H,29,33). The smallest absolute Gasteiger partial charge is 0.250 e. The van der Waals surface area contributed by atoms with Gasteiger partial charge in [0.05, 0.1) is 32.8 Å². The fourth-order valence-electron chi connectivity index (χ4n) is 3.54. The van der Waals surface area contributed by atoms with Crippen LogP contribution >= 0.6 is 11.8 Å². The van der Waals surface area contributed by atoms with E-state index in [9.17, 15) is 4.79 Å². The second-order valence-corrected chi connectivity index (χ2v) is 8.74. The van der Waals surface area contributed by atoms with Gasteiger partial charge in [0.25, 0.3) is 5.91 Å². The first-order valence-corrected chi connectivity index (χ1v) is 12.4. The van der Waals surface area contributed by atoms with Crippen molar-refractivity contribution in [2.45, 2.75) is 12.1 Å². The predicted octanol–water partition coefficient (Wildman–Crippen LogP) is 4.59. The molecule has 10 heteroatoms. The van der Waals surface area contributed by atoms with E-state index in [1.54, 1.807) is 40.4 Å². The van der Waals surface area contributed by atoms with Gasteiger partial charge in [0, 0.05) is 16.8 Å². The van der Waals surface area contributed by atoms with Crippen LogP contribution in [-0.2, 0) is 4.79 Å². The van der Waals surface area contributed by atoms with Crippen molar-refractivity contribution in [2.75, 3.05) is 27.1 Å². The van der Waals surface area contributed by atoms with Gasteiger partial charge in [-0.15, -0.1) is 10.2 Å². The molecule has 0 spiro atoms. The van der Waals surface area contributed by atoms with E-state index < -0.39 is 0 Å². The molecule has 190 valence electrons. The molecule has 0 radical (unpaired) electrons. The SMILES string of the molecule is COc1ccc(-n2c(SCC(=O)NN=C(C)c3ccc(OC)c(OC)c3)nnc2-c2ccccc2)cc1. The number of nitrogens with zero attached hydrogens (tertiary/aromatic N) is 4. The number of carbonyl (C=O) groups excluding carboxylic acids is 1. The summed E-state index contributed by atoms with van der Waals surface area (Å²) in [6.07, 6.45) is 0. The number of carbonyl (C=O) groups is 1. The molecule has 0 saturated carbocycles. The molecule has 0 aliphatic carbocycles. The summed E-state index contributed by atoms with van der Waals surface area (Å²) in [6, 6.07) is 22.8. The highest BCUT2D eigenvalue weighted by atomic mass is 32.2. The van der Waals surface area contributed by atoms with Crippen LogP contribution in [0.3, 0.4) is 0 Å². The minimum absolute atomic E-state index is 0.103. The highest BCUT2D eigenvalue weighted by molar-refractivity contribution is 7.99. The fourth-order valence-corrected chi connectivity index (χ4v) is 4.28. The van der Waals surface area contributed by atoms with E-state index >= 15 is 0 Å². The molecule has 0 unspecified atom stereocenters. The normalized spacial score (nSPS) is 11.2. The van der Waals surface area contributed by atoms with Gasteiger partial charge in [-0.25, -0.2) is 5.43 Å². The Labute approximate surface area is 219 Å². The molecule has 0 bridgehead atoms. The summed E-state index contributed by atoms with van der Waals surface area (Å²) < 4.78 is 17.8. The third kappa shape index (κ3) is 6.10. The Morgan fingerprint density at radius 2 is 1.65 bits per heavy atom. The molecule has 1 aromatic heterocycles. The molecular weight excluding hydrogens is 490 g/mol. The Morgan fingerprint density at radius 3 is 2.32 bits per heavy atom. The minimum Gasteiger partial charge on any atom is -0.497 e. The number of nitrogens with one attached hydrogen (secondary N) is 1. The van der Waals surface area contributed by atoms with Gasteiger partial charge >= 0.3 is 0 Å². The molecule has 1 amide bonds. The van der Waals surface area contributed by atoms with Crippen LogP contribution in [0.1, 0.15) is 12.5 Å². The molecular formula is C27H27N5O4S. The van der Waals surface area contributed by atoms with Crippen molar-refractivity contribution in [1.82, 2.24) is 20.2 Å².